The normalized spacial score (nSPS) is 12.0. The van der Waals surface area contributed by atoms with Gasteiger partial charge < -0.3 is 10.0 Å². The number of rotatable bonds is 8. The van der Waals surface area contributed by atoms with Crippen LogP contribution in [-0.4, -0.2) is 35.0 Å². The first-order valence-corrected chi connectivity index (χ1v) is 7.55. The van der Waals surface area contributed by atoms with Gasteiger partial charge in [-0.3, -0.25) is 4.79 Å². The Bertz CT molecular complexity index is 467. The Morgan fingerprint density at radius 3 is 2.19 bits per heavy atom. The molecule has 0 aliphatic heterocycles. The Hall–Kier alpha value is -1.84. The van der Waals surface area contributed by atoms with Crippen LogP contribution in [0.25, 0.3) is 0 Å². The van der Waals surface area contributed by atoms with Gasteiger partial charge >= 0.3 is 5.97 Å². The van der Waals surface area contributed by atoms with Crippen LogP contribution in [0.1, 0.15) is 44.2 Å². The van der Waals surface area contributed by atoms with Crippen LogP contribution < -0.4 is 0 Å². The predicted molar refractivity (Wildman–Crippen MR) is 83.2 cm³/mol. The lowest BCUT2D eigenvalue weighted by atomic mass is 10.0. The van der Waals surface area contributed by atoms with E-state index in [9.17, 15) is 9.59 Å². The highest BCUT2D eigenvalue weighted by atomic mass is 16.4. The molecule has 0 fully saturated rings. The largest absolute Gasteiger partial charge is 0.480 e. The summed E-state index contributed by atoms with van der Waals surface area (Å²) >= 11 is 0. The number of benzene rings is 1. The fraction of sp³-hybridized carbons (Fsp3) is 0.529. The van der Waals surface area contributed by atoms with Gasteiger partial charge in [0.1, 0.15) is 6.04 Å². The van der Waals surface area contributed by atoms with Crippen LogP contribution in [0, 0.1) is 0 Å². The number of carbonyl (C=O) groups is 2. The molecule has 1 unspecified atom stereocenters. The van der Waals surface area contributed by atoms with E-state index in [0.29, 0.717) is 6.42 Å². The van der Waals surface area contributed by atoms with Gasteiger partial charge in [-0.15, -0.1) is 0 Å². The SMILES string of the molecule is CCCCc1ccc(CC(=O)N(C)C(CC)C(=O)O)cc1. The van der Waals surface area contributed by atoms with Crippen molar-refractivity contribution in [1.29, 1.82) is 0 Å². The molecule has 0 bridgehead atoms. The second-order valence-corrected chi connectivity index (χ2v) is 5.36. The monoisotopic (exact) mass is 291 g/mol. The Morgan fingerprint density at radius 1 is 1.14 bits per heavy atom. The summed E-state index contributed by atoms with van der Waals surface area (Å²) in [5, 5.41) is 9.08. The highest BCUT2D eigenvalue weighted by Gasteiger charge is 2.24. The molecule has 0 spiro atoms. The number of carbonyl (C=O) groups excluding carboxylic acids is 1. The highest BCUT2D eigenvalue weighted by Crippen LogP contribution is 2.11. The van der Waals surface area contributed by atoms with Crippen molar-refractivity contribution < 1.29 is 14.7 Å². The van der Waals surface area contributed by atoms with Crippen LogP contribution >= 0.6 is 0 Å². The Labute approximate surface area is 126 Å². The maximum Gasteiger partial charge on any atom is 0.326 e. The van der Waals surface area contributed by atoms with Gasteiger partial charge in [-0.1, -0.05) is 44.5 Å². The molecule has 1 rings (SSSR count). The fourth-order valence-electron chi connectivity index (χ4n) is 2.29. The number of unbranched alkanes of at least 4 members (excludes halogenated alkanes) is 1. The standard InChI is InChI=1S/C17H25NO3/c1-4-6-7-13-8-10-14(11-9-13)12-16(19)18(3)15(5-2)17(20)21/h8-11,15H,4-7,12H2,1-3H3,(H,20,21). The molecule has 1 aromatic carbocycles. The molecule has 1 aromatic rings. The van der Waals surface area contributed by atoms with Crippen LogP contribution in [0.3, 0.4) is 0 Å². The average Bonchev–Trinajstić information content (AvgIpc) is 2.46. The lowest BCUT2D eigenvalue weighted by Crippen LogP contribution is -2.42. The maximum absolute atomic E-state index is 12.1. The first-order valence-electron chi connectivity index (χ1n) is 7.55. The average molecular weight is 291 g/mol. The molecule has 0 radical (unpaired) electrons. The van der Waals surface area contributed by atoms with Crippen LogP contribution in [0.2, 0.25) is 0 Å². The fourth-order valence-corrected chi connectivity index (χ4v) is 2.29. The van der Waals surface area contributed by atoms with Gasteiger partial charge in [0.2, 0.25) is 5.91 Å². The molecule has 0 aliphatic rings. The summed E-state index contributed by atoms with van der Waals surface area (Å²) in [5.41, 5.74) is 2.20. The van der Waals surface area contributed by atoms with E-state index in [1.54, 1.807) is 14.0 Å². The second kappa shape index (κ2) is 8.45. The van der Waals surface area contributed by atoms with Crippen molar-refractivity contribution in [1.82, 2.24) is 4.90 Å². The zero-order valence-corrected chi connectivity index (χ0v) is 13.1. The van der Waals surface area contributed by atoms with Crippen LogP contribution in [0.4, 0.5) is 0 Å². The number of carboxylic acids is 1. The third-order valence-electron chi connectivity index (χ3n) is 3.73. The van der Waals surface area contributed by atoms with E-state index < -0.39 is 12.0 Å². The summed E-state index contributed by atoms with van der Waals surface area (Å²) in [6.07, 6.45) is 4.04. The van der Waals surface area contributed by atoms with Crippen molar-refractivity contribution in [2.45, 2.75) is 52.0 Å². The van der Waals surface area contributed by atoms with E-state index in [-0.39, 0.29) is 12.3 Å². The molecule has 21 heavy (non-hydrogen) atoms. The molecule has 4 heteroatoms. The molecule has 0 saturated heterocycles. The third-order valence-corrected chi connectivity index (χ3v) is 3.73. The molecule has 0 heterocycles. The van der Waals surface area contributed by atoms with E-state index >= 15 is 0 Å². The Kier molecular flexibility index (Phi) is 6.92. The quantitative estimate of drug-likeness (QED) is 0.801. The minimum absolute atomic E-state index is 0.162. The van der Waals surface area contributed by atoms with Gasteiger partial charge in [0, 0.05) is 7.05 Å². The molecule has 116 valence electrons. The zero-order valence-electron chi connectivity index (χ0n) is 13.1. The summed E-state index contributed by atoms with van der Waals surface area (Å²) in [7, 11) is 1.56. The number of aliphatic carboxylic acids is 1. The molecule has 1 N–H and O–H groups in total. The van der Waals surface area contributed by atoms with Gasteiger partial charge in [-0.2, -0.15) is 0 Å². The van der Waals surface area contributed by atoms with Crippen LogP contribution in [0.15, 0.2) is 24.3 Å². The molecule has 0 aliphatic carbocycles. The van der Waals surface area contributed by atoms with E-state index in [1.807, 2.05) is 24.3 Å². The number of carboxylic acid groups (broad SMARTS) is 1. The van der Waals surface area contributed by atoms with Crippen molar-refractivity contribution in [3.63, 3.8) is 0 Å². The van der Waals surface area contributed by atoms with Crippen molar-refractivity contribution >= 4 is 11.9 Å². The molecule has 4 nitrogen and oxygen atoms in total. The summed E-state index contributed by atoms with van der Waals surface area (Å²) < 4.78 is 0. The number of hydrogen-bond acceptors (Lipinski definition) is 2. The number of amides is 1. The Morgan fingerprint density at radius 2 is 1.71 bits per heavy atom. The van der Waals surface area contributed by atoms with Gasteiger partial charge in [0.15, 0.2) is 0 Å². The number of nitrogens with zero attached hydrogens (tertiary/aromatic N) is 1. The number of hydrogen-bond donors (Lipinski definition) is 1. The zero-order chi connectivity index (χ0) is 15.8. The minimum Gasteiger partial charge on any atom is -0.480 e. The molecular weight excluding hydrogens is 266 g/mol. The molecular formula is C17H25NO3. The lowest BCUT2D eigenvalue weighted by molar-refractivity contribution is -0.148. The van der Waals surface area contributed by atoms with Crippen molar-refractivity contribution in [2.24, 2.45) is 0 Å². The van der Waals surface area contributed by atoms with Gasteiger partial charge in [-0.05, 0) is 30.4 Å². The first-order chi connectivity index (χ1) is 9.99. The second-order valence-electron chi connectivity index (χ2n) is 5.36. The summed E-state index contributed by atoms with van der Waals surface area (Å²) in [6, 6.07) is 7.26. The predicted octanol–water partition coefficient (Wildman–Crippen LogP) is 2.89. The van der Waals surface area contributed by atoms with Crippen LogP contribution in [0.5, 0.6) is 0 Å². The molecule has 0 aromatic heterocycles. The smallest absolute Gasteiger partial charge is 0.326 e. The van der Waals surface area contributed by atoms with Crippen LogP contribution in [-0.2, 0) is 22.4 Å². The van der Waals surface area contributed by atoms with E-state index in [4.69, 9.17) is 5.11 Å². The van der Waals surface area contributed by atoms with Gasteiger partial charge in [-0.25, -0.2) is 4.79 Å². The minimum atomic E-state index is -0.955. The van der Waals surface area contributed by atoms with Crippen molar-refractivity contribution in [2.75, 3.05) is 7.05 Å². The molecule has 1 atom stereocenters. The van der Waals surface area contributed by atoms with Crippen molar-refractivity contribution in [3.05, 3.63) is 35.4 Å². The summed E-state index contributed by atoms with van der Waals surface area (Å²) in [4.78, 5) is 24.5. The van der Waals surface area contributed by atoms with E-state index in [2.05, 4.69) is 6.92 Å². The van der Waals surface area contributed by atoms with Crippen molar-refractivity contribution in [3.8, 4) is 0 Å². The van der Waals surface area contributed by atoms with E-state index in [1.165, 1.54) is 16.9 Å². The molecule has 1 amide bonds. The topological polar surface area (TPSA) is 57.6 Å². The van der Waals surface area contributed by atoms with Gasteiger partial charge in [0.05, 0.1) is 6.42 Å². The third kappa shape index (κ3) is 5.21. The highest BCUT2D eigenvalue weighted by molar-refractivity contribution is 5.84. The number of likely N-dealkylation sites (N-methyl/N-ethyl adjacent to an activating group) is 1. The van der Waals surface area contributed by atoms with Gasteiger partial charge in [0.25, 0.3) is 0 Å². The van der Waals surface area contributed by atoms with E-state index in [0.717, 1.165) is 18.4 Å². The maximum atomic E-state index is 12.1. The number of aryl methyl sites for hydroxylation is 1. The first kappa shape index (κ1) is 17.2. The summed E-state index contributed by atoms with van der Waals surface area (Å²) in [6.45, 7) is 3.93. The lowest BCUT2D eigenvalue weighted by Gasteiger charge is -2.23. The summed E-state index contributed by atoms with van der Waals surface area (Å²) in [5.74, 6) is -1.12. The molecule has 0 saturated carbocycles. The Balaban J connectivity index is 2.63.